The lowest BCUT2D eigenvalue weighted by atomic mass is 9.59. The summed E-state index contributed by atoms with van der Waals surface area (Å²) < 4.78 is 5.18. The minimum absolute atomic E-state index is 0.273. The van der Waals surface area contributed by atoms with Crippen molar-refractivity contribution in [3.63, 3.8) is 0 Å². The molecule has 0 aliphatic heterocycles. The monoisotopic (exact) mass is 329 g/mol. The minimum atomic E-state index is -0.273. The molecular weight excluding hydrogens is 298 g/mol. The van der Waals surface area contributed by atoms with E-state index in [2.05, 4.69) is 50.4 Å². The molecule has 0 aromatic heterocycles. The molecule has 3 heteroatoms. The molecule has 1 unspecified atom stereocenters. The molecule has 1 aromatic rings. The van der Waals surface area contributed by atoms with Gasteiger partial charge in [0, 0.05) is 12.0 Å². The fourth-order valence-electron chi connectivity index (χ4n) is 4.61. The zero-order chi connectivity index (χ0) is 17.2. The summed E-state index contributed by atoms with van der Waals surface area (Å²) in [5.74, 6) is 0.526. The number of amides is 1. The average molecular weight is 329 g/mol. The largest absolute Gasteiger partial charge is 0.450 e. The highest BCUT2D eigenvalue weighted by Crippen LogP contribution is 2.66. The Labute approximate surface area is 146 Å². The van der Waals surface area contributed by atoms with Crippen LogP contribution in [0.5, 0.6) is 0 Å². The van der Waals surface area contributed by atoms with Gasteiger partial charge in [-0.05, 0) is 54.6 Å². The summed E-state index contributed by atoms with van der Waals surface area (Å²) in [5, 5.41) is 2.92. The van der Waals surface area contributed by atoms with Crippen LogP contribution in [0.4, 0.5) is 4.79 Å². The van der Waals surface area contributed by atoms with Gasteiger partial charge in [0.1, 0.15) is 0 Å². The first-order chi connectivity index (χ1) is 11.5. The van der Waals surface area contributed by atoms with Crippen molar-refractivity contribution >= 4 is 6.09 Å². The van der Waals surface area contributed by atoms with Crippen molar-refractivity contribution in [1.29, 1.82) is 0 Å². The second kappa shape index (κ2) is 6.78. The molecule has 3 nitrogen and oxygen atoms in total. The molecule has 1 fully saturated rings. The van der Waals surface area contributed by atoms with Crippen LogP contribution in [0.15, 0.2) is 24.3 Å². The number of carbonyl (C=O) groups is 1. The van der Waals surface area contributed by atoms with E-state index in [0.717, 1.165) is 19.3 Å². The lowest BCUT2D eigenvalue weighted by Gasteiger charge is -2.45. The third-order valence-electron chi connectivity index (χ3n) is 6.21. The van der Waals surface area contributed by atoms with E-state index in [9.17, 15) is 4.79 Å². The van der Waals surface area contributed by atoms with Gasteiger partial charge in [-0.3, -0.25) is 0 Å². The summed E-state index contributed by atoms with van der Waals surface area (Å²) in [4.78, 5) is 11.7. The van der Waals surface area contributed by atoms with Gasteiger partial charge < -0.3 is 10.1 Å². The summed E-state index contributed by atoms with van der Waals surface area (Å²) in [6, 6.07) is 8.98. The average Bonchev–Trinajstić information content (AvgIpc) is 3.35. The molecule has 1 spiro atoms. The highest BCUT2D eigenvalue weighted by Gasteiger charge is 2.58. The Kier molecular flexibility index (Phi) is 4.89. The molecule has 24 heavy (non-hydrogen) atoms. The molecular formula is C21H31NO2. The van der Waals surface area contributed by atoms with Crippen molar-refractivity contribution in [2.45, 2.75) is 70.6 Å². The van der Waals surface area contributed by atoms with Crippen LogP contribution in [0.2, 0.25) is 0 Å². The van der Waals surface area contributed by atoms with Crippen LogP contribution in [0.3, 0.4) is 0 Å². The van der Waals surface area contributed by atoms with Gasteiger partial charge in [-0.2, -0.15) is 0 Å². The molecule has 1 atom stereocenters. The van der Waals surface area contributed by atoms with Gasteiger partial charge >= 0.3 is 6.09 Å². The first-order valence-corrected chi connectivity index (χ1v) is 9.50. The molecule has 1 aromatic carbocycles. The number of alkyl carbamates (subject to hydrolysis) is 1. The lowest BCUT2D eigenvalue weighted by Crippen LogP contribution is -2.38. The maximum Gasteiger partial charge on any atom is 0.407 e. The van der Waals surface area contributed by atoms with E-state index in [1.165, 1.54) is 24.8 Å². The Balaban J connectivity index is 1.61. The molecule has 0 saturated heterocycles. The predicted octanol–water partition coefficient (Wildman–Crippen LogP) is 5.15. The fourth-order valence-corrected chi connectivity index (χ4v) is 4.61. The van der Waals surface area contributed by atoms with Gasteiger partial charge in [-0.25, -0.2) is 4.79 Å². The Morgan fingerprint density at radius 1 is 1.29 bits per heavy atom. The highest BCUT2D eigenvalue weighted by atomic mass is 16.5. The minimum Gasteiger partial charge on any atom is -0.450 e. The number of ether oxygens (including phenoxy) is 1. The molecule has 2 aliphatic carbocycles. The molecule has 2 aliphatic rings. The van der Waals surface area contributed by atoms with Gasteiger partial charge in [0.25, 0.3) is 0 Å². The first kappa shape index (κ1) is 17.3. The van der Waals surface area contributed by atoms with E-state index in [1.807, 2.05) is 0 Å². The SMILES string of the molecule is CCCCOC(=O)NCCC1CC(C)(C)C2(CC2)c2ccccc21. The van der Waals surface area contributed by atoms with Gasteiger partial charge in [0.15, 0.2) is 0 Å². The lowest BCUT2D eigenvalue weighted by molar-refractivity contribution is 0.143. The van der Waals surface area contributed by atoms with Crippen molar-refractivity contribution in [2.24, 2.45) is 5.41 Å². The van der Waals surface area contributed by atoms with Crippen LogP contribution in [0.25, 0.3) is 0 Å². The fraction of sp³-hybridized carbons (Fsp3) is 0.667. The van der Waals surface area contributed by atoms with E-state index >= 15 is 0 Å². The zero-order valence-corrected chi connectivity index (χ0v) is 15.4. The van der Waals surface area contributed by atoms with Gasteiger partial charge in [-0.1, -0.05) is 51.5 Å². The third kappa shape index (κ3) is 3.18. The van der Waals surface area contributed by atoms with E-state index in [1.54, 1.807) is 5.56 Å². The normalized spacial score (nSPS) is 22.7. The molecule has 1 N–H and O–H groups in total. The van der Waals surface area contributed by atoms with Crippen molar-refractivity contribution in [2.75, 3.05) is 13.2 Å². The van der Waals surface area contributed by atoms with Gasteiger partial charge in [0.2, 0.25) is 0 Å². The number of benzene rings is 1. The van der Waals surface area contributed by atoms with Crippen molar-refractivity contribution in [3.05, 3.63) is 35.4 Å². The van der Waals surface area contributed by atoms with E-state index in [4.69, 9.17) is 4.74 Å². The van der Waals surface area contributed by atoms with E-state index in [0.29, 0.717) is 29.9 Å². The van der Waals surface area contributed by atoms with Crippen LogP contribution in [0.1, 0.15) is 76.3 Å². The smallest absolute Gasteiger partial charge is 0.407 e. The van der Waals surface area contributed by atoms with Crippen molar-refractivity contribution in [1.82, 2.24) is 5.32 Å². The van der Waals surface area contributed by atoms with Crippen molar-refractivity contribution in [3.8, 4) is 0 Å². The maximum absolute atomic E-state index is 11.7. The number of rotatable bonds is 6. The number of carbonyl (C=O) groups excluding carboxylic acids is 1. The van der Waals surface area contributed by atoms with Crippen molar-refractivity contribution < 1.29 is 9.53 Å². The molecule has 3 rings (SSSR count). The number of unbranched alkanes of at least 4 members (excludes halogenated alkanes) is 1. The second-order valence-electron chi connectivity index (χ2n) is 8.16. The summed E-state index contributed by atoms with van der Waals surface area (Å²) in [7, 11) is 0. The Bertz CT molecular complexity index is 589. The Hall–Kier alpha value is -1.51. The van der Waals surface area contributed by atoms with Crippen LogP contribution in [-0.4, -0.2) is 19.2 Å². The highest BCUT2D eigenvalue weighted by molar-refractivity contribution is 5.67. The van der Waals surface area contributed by atoms with Gasteiger partial charge in [0.05, 0.1) is 6.61 Å². The number of fused-ring (bicyclic) bond motifs is 2. The van der Waals surface area contributed by atoms with Crippen LogP contribution >= 0.6 is 0 Å². The number of hydrogen-bond acceptors (Lipinski definition) is 2. The Morgan fingerprint density at radius 2 is 2.04 bits per heavy atom. The molecule has 0 heterocycles. The van der Waals surface area contributed by atoms with E-state index < -0.39 is 0 Å². The molecule has 0 radical (unpaired) electrons. The summed E-state index contributed by atoms with van der Waals surface area (Å²) in [5.41, 5.74) is 3.83. The molecule has 132 valence electrons. The summed E-state index contributed by atoms with van der Waals surface area (Å²) in [6.45, 7) is 8.15. The first-order valence-electron chi connectivity index (χ1n) is 9.50. The number of nitrogens with one attached hydrogen (secondary N) is 1. The molecule has 0 bridgehead atoms. The maximum atomic E-state index is 11.7. The number of hydrogen-bond donors (Lipinski definition) is 1. The summed E-state index contributed by atoms with van der Waals surface area (Å²) in [6.07, 6.45) is 6.54. The predicted molar refractivity (Wildman–Crippen MR) is 97.4 cm³/mol. The van der Waals surface area contributed by atoms with E-state index in [-0.39, 0.29) is 6.09 Å². The third-order valence-corrected chi connectivity index (χ3v) is 6.21. The molecule has 1 saturated carbocycles. The standard InChI is InChI=1S/C21H31NO2/c1-4-5-14-24-19(23)22-13-10-16-15-20(2,3)21(11-12-21)18-9-7-6-8-17(16)18/h6-9,16H,4-5,10-15H2,1-3H3,(H,22,23). The summed E-state index contributed by atoms with van der Waals surface area (Å²) >= 11 is 0. The molecule has 1 amide bonds. The van der Waals surface area contributed by atoms with Crippen LogP contribution < -0.4 is 5.32 Å². The quantitative estimate of drug-likeness (QED) is 0.733. The zero-order valence-electron chi connectivity index (χ0n) is 15.4. The van der Waals surface area contributed by atoms with Crippen LogP contribution in [0, 0.1) is 5.41 Å². The van der Waals surface area contributed by atoms with Gasteiger partial charge in [-0.15, -0.1) is 0 Å². The topological polar surface area (TPSA) is 38.3 Å². The Morgan fingerprint density at radius 3 is 2.75 bits per heavy atom. The second-order valence-corrected chi connectivity index (χ2v) is 8.16. The van der Waals surface area contributed by atoms with Crippen LogP contribution in [-0.2, 0) is 10.2 Å².